The van der Waals surface area contributed by atoms with Crippen molar-refractivity contribution in [2.75, 3.05) is 37.1 Å². The summed E-state index contributed by atoms with van der Waals surface area (Å²) < 4.78 is 22.4. The van der Waals surface area contributed by atoms with Crippen molar-refractivity contribution in [2.45, 2.75) is 6.61 Å². The standard InChI is InChI=1S/C33H30N2O6/c1-38-27-13-15-28(16-14-27)39-20-19-35-30-21-26(10-17-31(30)41-23-33(35)37)34-32(36)18-9-24-7-11-29(12-8-24)40-22-25-5-3-2-4-6-25/h2-18,21H,19-20,22-23H2,1H3,(H,34,36)/b18-9+. The summed E-state index contributed by atoms with van der Waals surface area (Å²) in [6, 6.07) is 29.9. The van der Waals surface area contributed by atoms with E-state index in [1.54, 1.807) is 36.3 Å². The smallest absolute Gasteiger partial charge is 0.265 e. The molecule has 8 heteroatoms. The quantitative estimate of drug-likeness (QED) is 0.240. The largest absolute Gasteiger partial charge is 0.497 e. The van der Waals surface area contributed by atoms with Crippen LogP contribution in [0.4, 0.5) is 11.4 Å². The van der Waals surface area contributed by atoms with E-state index in [9.17, 15) is 9.59 Å². The number of methoxy groups -OCH3 is 1. The van der Waals surface area contributed by atoms with E-state index in [1.165, 1.54) is 6.08 Å². The van der Waals surface area contributed by atoms with Gasteiger partial charge in [0.25, 0.3) is 5.91 Å². The Labute approximate surface area is 238 Å². The van der Waals surface area contributed by atoms with E-state index in [0.29, 0.717) is 36.0 Å². The van der Waals surface area contributed by atoms with Crippen LogP contribution in [0.1, 0.15) is 11.1 Å². The normalized spacial score (nSPS) is 12.4. The van der Waals surface area contributed by atoms with Crippen molar-refractivity contribution in [3.8, 4) is 23.0 Å². The van der Waals surface area contributed by atoms with Gasteiger partial charge in [0.1, 0.15) is 36.2 Å². The lowest BCUT2D eigenvalue weighted by atomic mass is 10.2. The van der Waals surface area contributed by atoms with Gasteiger partial charge in [0, 0.05) is 11.8 Å². The number of nitrogens with zero attached hydrogens (tertiary/aromatic N) is 1. The first-order valence-electron chi connectivity index (χ1n) is 13.2. The Morgan fingerprint density at radius 1 is 0.902 bits per heavy atom. The molecular formula is C33H30N2O6. The van der Waals surface area contributed by atoms with Crippen LogP contribution < -0.4 is 29.2 Å². The van der Waals surface area contributed by atoms with E-state index in [0.717, 1.165) is 22.6 Å². The van der Waals surface area contributed by atoms with Crippen LogP contribution in [0.15, 0.2) is 103 Å². The van der Waals surface area contributed by atoms with Crippen molar-refractivity contribution < 1.29 is 28.5 Å². The molecule has 0 spiro atoms. The SMILES string of the molecule is COc1ccc(OCCN2C(=O)COc3ccc(NC(=O)/C=C/c4ccc(OCc5ccccc5)cc4)cc32)cc1. The van der Waals surface area contributed by atoms with Crippen molar-refractivity contribution in [3.63, 3.8) is 0 Å². The fourth-order valence-electron chi connectivity index (χ4n) is 4.22. The van der Waals surface area contributed by atoms with Crippen molar-refractivity contribution in [2.24, 2.45) is 0 Å². The van der Waals surface area contributed by atoms with E-state index >= 15 is 0 Å². The number of fused-ring (bicyclic) bond motifs is 1. The summed E-state index contributed by atoms with van der Waals surface area (Å²) in [6.45, 7) is 1.04. The van der Waals surface area contributed by atoms with Gasteiger partial charge in [-0.25, -0.2) is 0 Å². The van der Waals surface area contributed by atoms with Gasteiger partial charge in [-0.15, -0.1) is 0 Å². The van der Waals surface area contributed by atoms with Gasteiger partial charge >= 0.3 is 0 Å². The highest BCUT2D eigenvalue weighted by molar-refractivity contribution is 6.03. The molecule has 0 saturated heterocycles. The molecular weight excluding hydrogens is 520 g/mol. The van der Waals surface area contributed by atoms with Gasteiger partial charge in [-0.3, -0.25) is 9.59 Å². The van der Waals surface area contributed by atoms with Crippen molar-refractivity contribution in [3.05, 3.63) is 114 Å². The molecule has 0 fully saturated rings. The molecule has 8 nitrogen and oxygen atoms in total. The van der Waals surface area contributed by atoms with Crippen LogP contribution in [-0.2, 0) is 16.2 Å². The zero-order valence-electron chi connectivity index (χ0n) is 22.6. The zero-order valence-corrected chi connectivity index (χ0v) is 22.6. The highest BCUT2D eigenvalue weighted by Gasteiger charge is 2.26. The average Bonchev–Trinajstić information content (AvgIpc) is 3.01. The first kappa shape index (κ1) is 27.3. The predicted octanol–water partition coefficient (Wildman–Crippen LogP) is 5.73. The number of hydrogen-bond donors (Lipinski definition) is 1. The Kier molecular flexibility index (Phi) is 8.81. The van der Waals surface area contributed by atoms with Crippen LogP contribution in [0.3, 0.4) is 0 Å². The first-order valence-corrected chi connectivity index (χ1v) is 13.2. The van der Waals surface area contributed by atoms with E-state index in [2.05, 4.69) is 5.32 Å². The number of rotatable bonds is 11. The molecule has 208 valence electrons. The third kappa shape index (κ3) is 7.45. The predicted molar refractivity (Wildman–Crippen MR) is 158 cm³/mol. The average molecular weight is 551 g/mol. The molecule has 4 aromatic carbocycles. The Morgan fingerprint density at radius 2 is 1.61 bits per heavy atom. The minimum Gasteiger partial charge on any atom is -0.497 e. The lowest BCUT2D eigenvalue weighted by molar-refractivity contribution is -0.121. The van der Waals surface area contributed by atoms with Gasteiger partial charge in [0.15, 0.2) is 6.61 Å². The summed E-state index contributed by atoms with van der Waals surface area (Å²) in [5.74, 6) is 2.24. The molecule has 1 N–H and O–H groups in total. The van der Waals surface area contributed by atoms with Crippen LogP contribution in [0.25, 0.3) is 6.08 Å². The maximum atomic E-state index is 12.6. The molecule has 4 aromatic rings. The highest BCUT2D eigenvalue weighted by Crippen LogP contribution is 2.34. The minimum atomic E-state index is -0.299. The fraction of sp³-hybridized carbons (Fsp3) is 0.152. The third-order valence-corrected chi connectivity index (χ3v) is 6.37. The second kappa shape index (κ2) is 13.2. The number of hydrogen-bond acceptors (Lipinski definition) is 6. The maximum absolute atomic E-state index is 12.6. The summed E-state index contributed by atoms with van der Waals surface area (Å²) in [5.41, 5.74) is 3.07. The number of nitrogens with one attached hydrogen (secondary N) is 1. The first-order chi connectivity index (χ1) is 20.1. The zero-order chi connectivity index (χ0) is 28.4. The number of amides is 2. The molecule has 1 heterocycles. The summed E-state index contributed by atoms with van der Waals surface area (Å²) in [7, 11) is 1.60. The molecule has 41 heavy (non-hydrogen) atoms. The monoisotopic (exact) mass is 550 g/mol. The summed E-state index contributed by atoms with van der Waals surface area (Å²) in [5, 5.41) is 2.85. The van der Waals surface area contributed by atoms with E-state index < -0.39 is 0 Å². The minimum absolute atomic E-state index is 0.0555. The molecule has 0 atom stereocenters. The van der Waals surface area contributed by atoms with E-state index in [1.807, 2.05) is 78.9 Å². The van der Waals surface area contributed by atoms with Crippen molar-refractivity contribution in [1.29, 1.82) is 0 Å². The molecule has 1 aliphatic rings. The molecule has 5 rings (SSSR count). The van der Waals surface area contributed by atoms with Gasteiger partial charge in [-0.05, 0) is 71.8 Å². The van der Waals surface area contributed by atoms with E-state index in [-0.39, 0.29) is 25.0 Å². The molecule has 0 aliphatic carbocycles. The van der Waals surface area contributed by atoms with Crippen LogP contribution in [0, 0.1) is 0 Å². The Morgan fingerprint density at radius 3 is 2.37 bits per heavy atom. The Hall–Kier alpha value is -5.24. The Bertz CT molecular complexity index is 1500. The van der Waals surface area contributed by atoms with Gasteiger partial charge < -0.3 is 29.2 Å². The number of anilines is 2. The molecule has 2 amide bonds. The van der Waals surface area contributed by atoms with Gasteiger partial charge in [-0.2, -0.15) is 0 Å². The Balaban J connectivity index is 1.16. The third-order valence-electron chi connectivity index (χ3n) is 6.37. The van der Waals surface area contributed by atoms with Gasteiger partial charge in [0.2, 0.25) is 5.91 Å². The summed E-state index contributed by atoms with van der Waals surface area (Å²) in [6.07, 6.45) is 3.19. The van der Waals surface area contributed by atoms with Crippen LogP contribution >= 0.6 is 0 Å². The van der Waals surface area contributed by atoms with E-state index in [4.69, 9.17) is 18.9 Å². The number of ether oxygens (including phenoxy) is 4. The fourth-order valence-corrected chi connectivity index (χ4v) is 4.22. The molecule has 0 unspecified atom stereocenters. The summed E-state index contributed by atoms with van der Waals surface area (Å²) in [4.78, 5) is 26.9. The molecule has 0 radical (unpaired) electrons. The van der Waals surface area contributed by atoms with Gasteiger partial charge in [-0.1, -0.05) is 42.5 Å². The number of benzene rings is 4. The topological polar surface area (TPSA) is 86.3 Å². The van der Waals surface area contributed by atoms with Crippen molar-refractivity contribution >= 4 is 29.3 Å². The molecule has 0 aromatic heterocycles. The second-order valence-electron chi connectivity index (χ2n) is 9.21. The summed E-state index contributed by atoms with van der Waals surface area (Å²) >= 11 is 0. The highest BCUT2D eigenvalue weighted by atomic mass is 16.5. The van der Waals surface area contributed by atoms with Crippen LogP contribution in [0.5, 0.6) is 23.0 Å². The van der Waals surface area contributed by atoms with Crippen LogP contribution in [0.2, 0.25) is 0 Å². The maximum Gasteiger partial charge on any atom is 0.265 e. The lowest BCUT2D eigenvalue weighted by Gasteiger charge is -2.29. The second-order valence-corrected chi connectivity index (χ2v) is 9.21. The molecule has 0 bridgehead atoms. The molecule has 0 saturated carbocycles. The number of carbonyl (C=O) groups is 2. The number of carbonyl (C=O) groups excluding carboxylic acids is 2. The molecule has 1 aliphatic heterocycles. The van der Waals surface area contributed by atoms with Crippen molar-refractivity contribution in [1.82, 2.24) is 0 Å². The lowest BCUT2D eigenvalue weighted by Crippen LogP contribution is -2.41. The van der Waals surface area contributed by atoms with Gasteiger partial charge in [0.05, 0.1) is 19.3 Å². The van der Waals surface area contributed by atoms with Crippen LogP contribution in [-0.4, -0.2) is 38.7 Å².